The van der Waals surface area contributed by atoms with Gasteiger partial charge in [0.1, 0.15) is 0 Å². The molecule has 1 unspecified atom stereocenters. The monoisotopic (exact) mass is 328 g/mol. The molecule has 1 saturated heterocycles. The lowest BCUT2D eigenvalue weighted by Gasteiger charge is -2.32. The number of likely N-dealkylation sites (tertiary alicyclic amines) is 1. The minimum atomic E-state index is -0.340. The van der Waals surface area contributed by atoms with E-state index in [9.17, 15) is 9.59 Å². The summed E-state index contributed by atoms with van der Waals surface area (Å²) < 4.78 is 5.22. The molecular weight excluding hydrogens is 308 g/mol. The van der Waals surface area contributed by atoms with E-state index in [0.29, 0.717) is 18.7 Å². The van der Waals surface area contributed by atoms with Gasteiger partial charge in [-0.15, -0.1) is 0 Å². The molecule has 2 aromatic rings. The van der Waals surface area contributed by atoms with Crippen LogP contribution in [0.15, 0.2) is 35.1 Å². The van der Waals surface area contributed by atoms with E-state index in [-0.39, 0.29) is 29.1 Å². The number of nitrogens with zero attached hydrogens (tertiary/aromatic N) is 3. The van der Waals surface area contributed by atoms with E-state index >= 15 is 0 Å². The number of hydrogen-bond donors (Lipinski definition) is 1. The highest BCUT2D eigenvalue weighted by Gasteiger charge is 2.37. The Labute approximate surface area is 140 Å². The summed E-state index contributed by atoms with van der Waals surface area (Å²) in [5.41, 5.74) is 0.744. The van der Waals surface area contributed by atoms with Crippen LogP contribution in [0.5, 0.6) is 0 Å². The summed E-state index contributed by atoms with van der Waals surface area (Å²) in [7, 11) is 0. The van der Waals surface area contributed by atoms with Crippen LogP contribution >= 0.6 is 0 Å². The summed E-state index contributed by atoms with van der Waals surface area (Å²) in [6.07, 6.45) is 3.59. The minimum absolute atomic E-state index is 0.0467. The molecule has 24 heavy (non-hydrogen) atoms. The second kappa shape index (κ2) is 6.07. The van der Waals surface area contributed by atoms with Gasteiger partial charge in [0, 0.05) is 42.5 Å². The normalized spacial score (nSPS) is 18.0. The first kappa shape index (κ1) is 16.2. The average molecular weight is 328 g/mol. The molecule has 1 aliphatic heterocycles. The number of aromatic nitrogens is 2. The largest absolute Gasteiger partial charge is 0.355 e. The number of hydrogen-bond acceptors (Lipinski definition) is 5. The number of carbonyl (C=O) groups excluding carboxylic acids is 2. The first-order valence-corrected chi connectivity index (χ1v) is 7.83. The van der Waals surface area contributed by atoms with Crippen molar-refractivity contribution in [1.82, 2.24) is 20.4 Å². The second-order valence-corrected chi connectivity index (χ2v) is 6.86. The molecule has 0 radical (unpaired) electrons. The quantitative estimate of drug-likeness (QED) is 0.929. The predicted octanol–water partition coefficient (Wildman–Crippen LogP) is 1.87. The minimum Gasteiger partial charge on any atom is -0.355 e. The third kappa shape index (κ3) is 3.29. The van der Waals surface area contributed by atoms with Crippen molar-refractivity contribution in [3.63, 3.8) is 0 Å². The smallest absolute Gasteiger partial charge is 0.273 e. The lowest BCUT2D eigenvalue weighted by Crippen LogP contribution is -2.44. The van der Waals surface area contributed by atoms with E-state index in [4.69, 9.17) is 4.52 Å². The van der Waals surface area contributed by atoms with Gasteiger partial charge in [0.05, 0.1) is 6.04 Å². The Morgan fingerprint density at radius 1 is 1.33 bits per heavy atom. The maximum absolute atomic E-state index is 12.3. The van der Waals surface area contributed by atoms with Crippen LogP contribution in [0, 0.1) is 0 Å². The molecule has 126 valence electrons. The highest BCUT2D eigenvalue weighted by Crippen LogP contribution is 2.23. The van der Waals surface area contributed by atoms with Crippen LogP contribution in [0.4, 0.5) is 0 Å². The molecule has 1 N–H and O–H groups in total. The van der Waals surface area contributed by atoms with Crippen molar-refractivity contribution in [2.45, 2.75) is 38.8 Å². The van der Waals surface area contributed by atoms with Gasteiger partial charge in [0.25, 0.3) is 5.91 Å². The van der Waals surface area contributed by atoms with Crippen molar-refractivity contribution in [2.24, 2.45) is 0 Å². The number of pyridine rings is 1. The molecule has 3 rings (SSSR count). The average Bonchev–Trinajstić information content (AvgIpc) is 3.14. The summed E-state index contributed by atoms with van der Waals surface area (Å²) in [6, 6.07) is 4.92. The van der Waals surface area contributed by atoms with E-state index < -0.39 is 0 Å². The van der Waals surface area contributed by atoms with Crippen LogP contribution in [0.1, 0.15) is 37.7 Å². The maximum atomic E-state index is 12.3. The summed E-state index contributed by atoms with van der Waals surface area (Å²) >= 11 is 0. The molecule has 0 bridgehead atoms. The maximum Gasteiger partial charge on any atom is 0.273 e. The fourth-order valence-corrected chi connectivity index (χ4v) is 2.75. The van der Waals surface area contributed by atoms with Gasteiger partial charge in [-0.2, -0.15) is 0 Å². The molecule has 7 nitrogen and oxygen atoms in total. The van der Waals surface area contributed by atoms with E-state index in [0.717, 1.165) is 5.56 Å². The molecule has 0 saturated carbocycles. The molecule has 1 fully saturated rings. The summed E-state index contributed by atoms with van der Waals surface area (Å²) in [4.78, 5) is 30.1. The number of rotatable bonds is 3. The van der Waals surface area contributed by atoms with Gasteiger partial charge in [-0.25, -0.2) is 0 Å². The Kier molecular flexibility index (Phi) is 4.09. The highest BCUT2D eigenvalue weighted by molar-refractivity contribution is 5.94. The van der Waals surface area contributed by atoms with Crippen molar-refractivity contribution < 1.29 is 14.1 Å². The van der Waals surface area contributed by atoms with E-state index in [1.807, 2.05) is 20.8 Å². The van der Waals surface area contributed by atoms with E-state index in [1.54, 1.807) is 35.5 Å². The van der Waals surface area contributed by atoms with Crippen molar-refractivity contribution in [3.05, 3.63) is 36.3 Å². The number of carbonyl (C=O) groups is 2. The Bertz CT molecular complexity index is 749. The molecule has 7 heteroatoms. The topological polar surface area (TPSA) is 88.3 Å². The van der Waals surface area contributed by atoms with Crippen molar-refractivity contribution in [2.75, 3.05) is 6.54 Å². The molecule has 2 amide bonds. The predicted molar refractivity (Wildman–Crippen MR) is 87.1 cm³/mol. The lowest BCUT2D eigenvalue weighted by atomic mass is 10.1. The Morgan fingerprint density at radius 2 is 2.04 bits per heavy atom. The van der Waals surface area contributed by atoms with Gasteiger partial charge in [-0.05, 0) is 32.9 Å². The molecule has 0 aromatic carbocycles. The summed E-state index contributed by atoms with van der Waals surface area (Å²) in [5.74, 6) is 0.208. The van der Waals surface area contributed by atoms with Crippen LogP contribution in [0.25, 0.3) is 11.3 Å². The molecule has 1 aliphatic rings. The third-order valence-electron chi connectivity index (χ3n) is 3.98. The zero-order valence-electron chi connectivity index (χ0n) is 13.9. The van der Waals surface area contributed by atoms with Crippen molar-refractivity contribution >= 4 is 11.8 Å². The van der Waals surface area contributed by atoms with Crippen LogP contribution in [0.2, 0.25) is 0 Å². The van der Waals surface area contributed by atoms with Crippen LogP contribution in [0.3, 0.4) is 0 Å². The first-order valence-electron chi connectivity index (χ1n) is 7.83. The van der Waals surface area contributed by atoms with E-state index in [2.05, 4.69) is 15.5 Å². The van der Waals surface area contributed by atoms with Crippen LogP contribution in [-0.4, -0.2) is 45.0 Å². The third-order valence-corrected chi connectivity index (χ3v) is 3.98. The Balaban J connectivity index is 1.66. The van der Waals surface area contributed by atoms with Crippen molar-refractivity contribution in [3.8, 4) is 11.3 Å². The Morgan fingerprint density at radius 3 is 2.67 bits per heavy atom. The van der Waals surface area contributed by atoms with Crippen LogP contribution < -0.4 is 5.32 Å². The highest BCUT2D eigenvalue weighted by atomic mass is 16.5. The molecule has 1 atom stereocenters. The summed E-state index contributed by atoms with van der Waals surface area (Å²) in [6.45, 7) is 6.44. The zero-order chi connectivity index (χ0) is 17.3. The molecule has 0 aliphatic carbocycles. The van der Waals surface area contributed by atoms with Gasteiger partial charge in [0.2, 0.25) is 5.91 Å². The lowest BCUT2D eigenvalue weighted by molar-refractivity contribution is -0.131. The number of amides is 2. The molecule has 0 spiro atoms. The van der Waals surface area contributed by atoms with E-state index in [1.165, 1.54) is 0 Å². The fourth-order valence-electron chi connectivity index (χ4n) is 2.75. The molecular formula is C17H20N4O3. The van der Waals surface area contributed by atoms with Gasteiger partial charge in [0.15, 0.2) is 11.5 Å². The molecule has 2 aromatic heterocycles. The zero-order valence-corrected chi connectivity index (χ0v) is 13.9. The fraction of sp³-hybridized carbons (Fsp3) is 0.412. The first-order chi connectivity index (χ1) is 11.3. The Hall–Kier alpha value is -2.70. The van der Waals surface area contributed by atoms with Gasteiger partial charge >= 0.3 is 0 Å². The van der Waals surface area contributed by atoms with Crippen LogP contribution in [-0.2, 0) is 4.79 Å². The number of nitrogens with one attached hydrogen (secondary N) is 1. The van der Waals surface area contributed by atoms with Gasteiger partial charge in [-0.3, -0.25) is 14.6 Å². The SMILES string of the molecule is CC(C)(C)N1CC(NC(=O)c2cc(-c3ccncc3)on2)CC1=O. The molecule has 3 heterocycles. The standard InChI is InChI=1S/C17H20N4O3/c1-17(2,3)21-10-12(8-15(21)22)19-16(23)13-9-14(24-20-13)11-4-6-18-7-5-11/h4-7,9,12H,8,10H2,1-3H3,(H,19,23). The van der Waals surface area contributed by atoms with Gasteiger partial charge in [-0.1, -0.05) is 5.16 Å². The summed E-state index contributed by atoms with van der Waals surface area (Å²) in [5, 5.41) is 6.67. The van der Waals surface area contributed by atoms with Gasteiger partial charge < -0.3 is 14.7 Å². The second-order valence-electron chi connectivity index (χ2n) is 6.86. The van der Waals surface area contributed by atoms with Crippen molar-refractivity contribution in [1.29, 1.82) is 0 Å².